The van der Waals surface area contributed by atoms with Gasteiger partial charge in [-0.15, -0.1) is 11.8 Å². The molecule has 0 spiro atoms. The first-order chi connectivity index (χ1) is 32.3. The van der Waals surface area contributed by atoms with Crippen LogP contribution in [-0.4, -0.2) is 169 Å². The summed E-state index contributed by atoms with van der Waals surface area (Å²) in [4.78, 5) is 62.2. The van der Waals surface area contributed by atoms with Crippen LogP contribution in [0.1, 0.15) is 119 Å². The molecule has 17 heteroatoms. The van der Waals surface area contributed by atoms with Gasteiger partial charge in [-0.25, -0.2) is 0 Å². The van der Waals surface area contributed by atoms with Gasteiger partial charge < -0.3 is 57.9 Å². The molecule has 16 nitrogen and oxygen atoms in total. The van der Waals surface area contributed by atoms with Crippen LogP contribution in [0.5, 0.6) is 0 Å². The number of thioether (sulfide) groups is 1. The highest BCUT2D eigenvalue weighted by molar-refractivity contribution is 8.01. The molecule has 4 saturated heterocycles. The summed E-state index contributed by atoms with van der Waals surface area (Å²) in [5, 5.41) is 22.0. The third-order valence-corrected chi connectivity index (χ3v) is 17.2. The maximum Gasteiger partial charge on any atom is 0.320 e. The van der Waals surface area contributed by atoms with Crippen molar-refractivity contribution in [3.63, 3.8) is 0 Å². The molecule has 4 heterocycles. The first-order valence-electron chi connectivity index (χ1n) is 25.1. The number of carbonyl (C=O) groups excluding carboxylic acids is 4. The second-order valence-corrected chi connectivity index (χ2v) is 22.1. The number of ketones is 2. The highest BCUT2D eigenvalue weighted by Crippen LogP contribution is 2.49. The summed E-state index contributed by atoms with van der Waals surface area (Å²) in [5.74, 6) is -5.77. The number of benzene rings is 1. The van der Waals surface area contributed by atoms with Crippen molar-refractivity contribution in [3.8, 4) is 0 Å². The van der Waals surface area contributed by atoms with Gasteiger partial charge in [0.25, 0.3) is 0 Å². The van der Waals surface area contributed by atoms with Crippen LogP contribution in [0.25, 0.3) is 0 Å². The smallest absolute Gasteiger partial charge is 0.320 e. The molecule has 3 unspecified atom stereocenters. The molecule has 4 aliphatic heterocycles. The largest absolute Gasteiger partial charge is 0.458 e. The van der Waals surface area contributed by atoms with E-state index >= 15 is 4.79 Å². The van der Waals surface area contributed by atoms with Crippen molar-refractivity contribution in [1.82, 2.24) is 4.90 Å². The van der Waals surface area contributed by atoms with E-state index in [1.807, 2.05) is 65.7 Å². The van der Waals surface area contributed by atoms with Gasteiger partial charge >= 0.3 is 11.9 Å². The summed E-state index contributed by atoms with van der Waals surface area (Å²) in [5.41, 5.74) is -2.32. The van der Waals surface area contributed by atoms with Crippen LogP contribution in [0.3, 0.4) is 0 Å². The average molecular weight is 993 g/mol. The van der Waals surface area contributed by atoms with Crippen molar-refractivity contribution in [3.05, 3.63) is 29.8 Å². The molecular formula is C52H84N2O14S. The second kappa shape index (κ2) is 23.4. The lowest BCUT2D eigenvalue weighted by Crippen LogP contribution is -2.61. The Balaban J connectivity index is 1.59. The zero-order valence-electron chi connectivity index (χ0n) is 44.1. The molecule has 392 valence electrons. The van der Waals surface area contributed by atoms with E-state index in [-0.39, 0.29) is 48.7 Å². The second-order valence-electron chi connectivity index (χ2n) is 21.0. The van der Waals surface area contributed by atoms with Crippen LogP contribution < -0.4 is 4.90 Å². The highest BCUT2D eigenvalue weighted by Gasteiger charge is 2.62. The zero-order chi connectivity index (χ0) is 51.5. The van der Waals surface area contributed by atoms with E-state index in [2.05, 4.69) is 18.7 Å². The number of Topliss-reactive ketones (excluding diaryl/α,β-unsaturated/α-hetero) is 2. The number of nitrogens with zero attached hydrogens (tertiary/aromatic N) is 2. The summed E-state index contributed by atoms with van der Waals surface area (Å²) in [6.07, 6.45) is -7.20. The predicted octanol–water partition coefficient (Wildman–Crippen LogP) is 6.09. The molecule has 4 aliphatic rings. The molecule has 19 atom stereocenters. The highest BCUT2D eigenvalue weighted by atomic mass is 32.2. The lowest BCUT2D eigenvalue weighted by molar-refractivity contribution is -0.319. The van der Waals surface area contributed by atoms with Crippen LogP contribution in [0.2, 0.25) is 0 Å². The van der Waals surface area contributed by atoms with Crippen molar-refractivity contribution in [2.75, 3.05) is 52.1 Å². The first kappa shape index (κ1) is 57.2. The first-order valence-corrected chi connectivity index (χ1v) is 26.1. The minimum Gasteiger partial charge on any atom is -0.458 e. The number of aliphatic hydroxyl groups excluding tert-OH is 2. The Labute approximate surface area is 415 Å². The predicted molar refractivity (Wildman–Crippen MR) is 263 cm³/mol. The Morgan fingerprint density at radius 2 is 1.46 bits per heavy atom. The lowest BCUT2D eigenvalue weighted by atomic mass is 9.70. The Bertz CT molecular complexity index is 1900. The molecule has 0 aliphatic carbocycles. The number of methoxy groups -OCH3 is 2. The molecule has 69 heavy (non-hydrogen) atoms. The number of fused-ring (bicyclic) bond motifs is 1. The topological polar surface area (TPSA) is 189 Å². The molecule has 0 radical (unpaired) electrons. The number of hydrogen-bond donors (Lipinski definition) is 2. The van der Waals surface area contributed by atoms with Crippen LogP contribution in [-0.2, 0) is 52.3 Å². The zero-order valence-corrected chi connectivity index (χ0v) is 44.9. The molecule has 4 fully saturated rings. The third kappa shape index (κ3) is 12.1. The van der Waals surface area contributed by atoms with Crippen molar-refractivity contribution < 1.29 is 67.3 Å². The Morgan fingerprint density at radius 3 is 2.03 bits per heavy atom. The van der Waals surface area contributed by atoms with Crippen LogP contribution in [0, 0.1) is 29.6 Å². The van der Waals surface area contributed by atoms with Gasteiger partial charge in [0, 0.05) is 74.7 Å². The molecule has 1 aromatic rings. The van der Waals surface area contributed by atoms with E-state index in [4.69, 9.17) is 37.9 Å². The summed E-state index contributed by atoms with van der Waals surface area (Å²) >= 11 is 1.14. The standard InChI is InChI=1S/C52H84N2O14S/c1-17-38-52(12)40(44(48(60)68-52)69-27-37(55)34-20-22-35(23-21-34)54(18-2)19-3)30(6)41(56)28(4)25-51(11,62-16)46(67-49-42(57)36(53(13)14)24-29(5)63-49)31(7)43(32(8)47(59)65-38)66-39-26-50(10,61-15)45(58)33(9)64-39/h20-23,28-33,36,38-40,42-46,49,57-58H,17-19,24-27H2,1-16H3/t28-,29-,30?,31+,32-,33-,36+,38-,39+,40?,42-,43+,44?,45+,46-,49+,50-,51-,52-/m1/s1. The SMILES string of the molecule is CC[C@H]1OC(=O)[C@H](C)[C@@H](O[C@H]2C[C@@](C)(OC)[C@@H](O)[C@@H](C)O2)[C@H](C)[C@@H](O[C@@H]2O[C@H](C)C[C@H](N(C)C)[C@H]2O)[C@](C)(OC)C[C@@H](C)C(=O)C(C)C2C(SCC(=O)c3ccc(N(CC)CC)cc3)C(=O)O[C@@]21C. The number of hydrogen-bond acceptors (Lipinski definition) is 17. The number of carbonyl (C=O) groups is 4. The average Bonchev–Trinajstić information content (AvgIpc) is 3.58. The van der Waals surface area contributed by atoms with Gasteiger partial charge in [0.05, 0.1) is 47.3 Å². The molecule has 1 aromatic carbocycles. The van der Waals surface area contributed by atoms with E-state index in [0.29, 0.717) is 12.0 Å². The molecular weight excluding hydrogens is 909 g/mol. The molecule has 0 amide bonds. The van der Waals surface area contributed by atoms with E-state index in [9.17, 15) is 24.6 Å². The normalized spacial score (nSPS) is 41.5. The van der Waals surface area contributed by atoms with Gasteiger partial charge in [0.1, 0.15) is 29.3 Å². The van der Waals surface area contributed by atoms with Gasteiger partial charge in [-0.3, -0.25) is 19.2 Å². The van der Waals surface area contributed by atoms with E-state index in [0.717, 1.165) is 30.5 Å². The van der Waals surface area contributed by atoms with Gasteiger partial charge in [0.2, 0.25) is 0 Å². The monoisotopic (exact) mass is 993 g/mol. The number of cyclic esters (lactones) is 1. The summed E-state index contributed by atoms with van der Waals surface area (Å²) in [6.45, 7) is 23.8. The molecule has 5 rings (SSSR count). The summed E-state index contributed by atoms with van der Waals surface area (Å²) in [7, 11) is 6.82. The molecule has 0 bridgehead atoms. The fraction of sp³-hybridized carbons (Fsp3) is 0.808. The molecule has 0 saturated carbocycles. The maximum atomic E-state index is 15.1. The van der Waals surface area contributed by atoms with Crippen LogP contribution >= 0.6 is 11.8 Å². The number of likely N-dealkylation sites (N-methyl/N-ethyl adjacent to an activating group) is 1. The van der Waals surface area contributed by atoms with Gasteiger partial charge in [-0.2, -0.15) is 0 Å². The van der Waals surface area contributed by atoms with Crippen LogP contribution in [0.15, 0.2) is 24.3 Å². The Morgan fingerprint density at radius 1 is 0.841 bits per heavy atom. The minimum atomic E-state index is -1.48. The number of rotatable bonds is 15. The third-order valence-electron chi connectivity index (χ3n) is 16.0. The summed E-state index contributed by atoms with van der Waals surface area (Å²) in [6, 6.07) is 7.11. The number of anilines is 1. The van der Waals surface area contributed by atoms with E-state index in [1.165, 1.54) is 14.2 Å². The number of esters is 2. The maximum absolute atomic E-state index is 15.1. The van der Waals surface area contributed by atoms with E-state index in [1.54, 1.807) is 46.8 Å². The van der Waals surface area contributed by atoms with Crippen molar-refractivity contribution in [2.45, 2.75) is 192 Å². The summed E-state index contributed by atoms with van der Waals surface area (Å²) < 4.78 is 51.6. The molecule has 2 N–H and O–H groups in total. The Hall–Kier alpha value is -2.71. The van der Waals surface area contributed by atoms with Gasteiger partial charge in [-0.05, 0) is 113 Å². The van der Waals surface area contributed by atoms with Crippen LogP contribution in [0.4, 0.5) is 5.69 Å². The fourth-order valence-electron chi connectivity index (χ4n) is 11.6. The van der Waals surface area contributed by atoms with Crippen molar-refractivity contribution in [2.24, 2.45) is 29.6 Å². The van der Waals surface area contributed by atoms with Crippen molar-refractivity contribution in [1.29, 1.82) is 0 Å². The van der Waals surface area contributed by atoms with Gasteiger partial charge in [0.15, 0.2) is 24.0 Å². The van der Waals surface area contributed by atoms with E-state index < -0.39 is 113 Å². The Kier molecular flexibility index (Phi) is 19.4. The van der Waals surface area contributed by atoms with Crippen molar-refractivity contribution >= 4 is 41.0 Å². The minimum absolute atomic E-state index is 0.0535. The quantitative estimate of drug-likeness (QED) is 0.152. The molecule has 0 aromatic heterocycles. The lowest BCUT2D eigenvalue weighted by Gasteiger charge is -2.50. The number of aliphatic hydroxyl groups is 2. The fourth-order valence-corrected chi connectivity index (χ4v) is 13.0. The van der Waals surface area contributed by atoms with Gasteiger partial charge in [-0.1, -0.05) is 27.7 Å². The number of ether oxygens (including phenoxy) is 8.